The van der Waals surface area contributed by atoms with Crippen molar-refractivity contribution in [3.8, 4) is 0 Å². The summed E-state index contributed by atoms with van der Waals surface area (Å²) in [7, 11) is -2.65. The second-order valence-electron chi connectivity index (χ2n) is 5.51. The van der Waals surface area contributed by atoms with Crippen molar-refractivity contribution < 1.29 is 18.0 Å². The second-order valence-corrected chi connectivity index (χ2v) is 8.15. The van der Waals surface area contributed by atoms with Crippen LogP contribution in [0.25, 0.3) is 0 Å². The predicted molar refractivity (Wildman–Crippen MR) is 89.5 cm³/mol. The zero-order valence-electron chi connectivity index (χ0n) is 14.6. The summed E-state index contributed by atoms with van der Waals surface area (Å²) in [5.41, 5.74) is 1.02. The Bertz CT molecular complexity index is 249. The standard InChI is InChI=1S/C16H34O4Si/c1-7-10-18-21(19-11-8-2,20-12-9-3)14-16(6)17-13-15(4)5/h16H,4,7-14H2,1-3,5-6H3. The van der Waals surface area contributed by atoms with Gasteiger partial charge in [-0.05, 0) is 33.1 Å². The Morgan fingerprint density at radius 3 is 1.71 bits per heavy atom. The molecular formula is C16H34O4Si. The molecule has 0 aromatic heterocycles. The molecule has 0 aromatic rings. The van der Waals surface area contributed by atoms with Gasteiger partial charge in [0.25, 0.3) is 0 Å². The smallest absolute Gasteiger partial charge is 0.374 e. The molecule has 0 saturated carbocycles. The van der Waals surface area contributed by atoms with Gasteiger partial charge in [-0.1, -0.05) is 32.9 Å². The van der Waals surface area contributed by atoms with Gasteiger partial charge in [-0.3, -0.25) is 0 Å². The van der Waals surface area contributed by atoms with Crippen molar-refractivity contribution in [2.75, 3.05) is 26.4 Å². The van der Waals surface area contributed by atoms with E-state index in [0.717, 1.165) is 24.8 Å². The maximum atomic E-state index is 6.05. The summed E-state index contributed by atoms with van der Waals surface area (Å²) >= 11 is 0. The van der Waals surface area contributed by atoms with Crippen LogP contribution in [-0.2, 0) is 18.0 Å². The van der Waals surface area contributed by atoms with Crippen LogP contribution in [0.4, 0.5) is 0 Å². The zero-order chi connectivity index (χ0) is 16.1. The molecule has 0 amide bonds. The van der Waals surface area contributed by atoms with E-state index < -0.39 is 8.80 Å². The molecule has 0 rings (SSSR count). The summed E-state index contributed by atoms with van der Waals surface area (Å²) in [5, 5.41) is 0. The minimum Gasteiger partial charge on any atom is -0.374 e. The molecule has 0 aliphatic carbocycles. The first-order valence-electron chi connectivity index (χ1n) is 8.17. The Morgan fingerprint density at radius 2 is 1.38 bits per heavy atom. The molecule has 0 fully saturated rings. The molecule has 0 bridgehead atoms. The van der Waals surface area contributed by atoms with E-state index in [4.69, 9.17) is 18.0 Å². The fourth-order valence-electron chi connectivity index (χ4n) is 1.77. The van der Waals surface area contributed by atoms with Crippen LogP contribution >= 0.6 is 0 Å². The molecule has 0 aromatic carbocycles. The average Bonchev–Trinajstić information content (AvgIpc) is 2.46. The van der Waals surface area contributed by atoms with E-state index in [0.29, 0.717) is 32.5 Å². The van der Waals surface area contributed by atoms with Crippen molar-refractivity contribution in [3.63, 3.8) is 0 Å². The van der Waals surface area contributed by atoms with Crippen LogP contribution in [0.3, 0.4) is 0 Å². The van der Waals surface area contributed by atoms with Crippen molar-refractivity contribution >= 4 is 8.80 Å². The maximum absolute atomic E-state index is 6.05. The Labute approximate surface area is 132 Å². The minimum atomic E-state index is -2.65. The van der Waals surface area contributed by atoms with E-state index >= 15 is 0 Å². The average molecular weight is 319 g/mol. The van der Waals surface area contributed by atoms with E-state index in [-0.39, 0.29) is 6.10 Å². The van der Waals surface area contributed by atoms with E-state index in [2.05, 4.69) is 27.4 Å². The fraction of sp³-hybridized carbons (Fsp3) is 0.875. The van der Waals surface area contributed by atoms with Gasteiger partial charge in [0.2, 0.25) is 0 Å². The van der Waals surface area contributed by atoms with Crippen LogP contribution in [0.1, 0.15) is 53.9 Å². The molecular weight excluding hydrogens is 284 g/mol. The van der Waals surface area contributed by atoms with E-state index in [9.17, 15) is 0 Å². The number of rotatable bonds is 14. The van der Waals surface area contributed by atoms with Crippen molar-refractivity contribution in [3.05, 3.63) is 12.2 Å². The largest absolute Gasteiger partial charge is 0.503 e. The van der Waals surface area contributed by atoms with E-state index in [1.54, 1.807) is 0 Å². The normalized spacial score (nSPS) is 13.4. The molecule has 21 heavy (non-hydrogen) atoms. The number of hydrogen-bond acceptors (Lipinski definition) is 4. The summed E-state index contributed by atoms with van der Waals surface area (Å²) in [4.78, 5) is 0. The van der Waals surface area contributed by atoms with Crippen LogP contribution in [-0.4, -0.2) is 41.3 Å². The topological polar surface area (TPSA) is 36.9 Å². The minimum absolute atomic E-state index is 0.0407. The molecule has 0 aliphatic rings. The Balaban J connectivity index is 4.71. The summed E-state index contributed by atoms with van der Waals surface area (Å²) < 4.78 is 24.0. The highest BCUT2D eigenvalue weighted by molar-refractivity contribution is 6.60. The zero-order valence-corrected chi connectivity index (χ0v) is 15.6. The van der Waals surface area contributed by atoms with Gasteiger partial charge in [-0.25, -0.2) is 0 Å². The van der Waals surface area contributed by atoms with Crippen LogP contribution in [0.2, 0.25) is 6.04 Å². The SMILES string of the molecule is C=C(C)COC(C)C[Si](OCCC)(OCCC)OCCC. The monoisotopic (exact) mass is 318 g/mol. The van der Waals surface area contributed by atoms with Gasteiger partial charge in [0.1, 0.15) is 0 Å². The molecule has 1 atom stereocenters. The molecule has 0 radical (unpaired) electrons. The van der Waals surface area contributed by atoms with Gasteiger partial charge in [0.05, 0.1) is 12.7 Å². The lowest BCUT2D eigenvalue weighted by Crippen LogP contribution is -2.49. The Hall–Kier alpha value is -0.203. The van der Waals surface area contributed by atoms with Gasteiger partial charge in [0, 0.05) is 25.9 Å². The molecule has 0 spiro atoms. The second kappa shape index (κ2) is 12.4. The highest BCUT2D eigenvalue weighted by Crippen LogP contribution is 2.21. The molecule has 0 saturated heterocycles. The summed E-state index contributed by atoms with van der Waals surface area (Å²) in [6, 6.07) is 0.695. The highest BCUT2D eigenvalue weighted by Gasteiger charge is 2.42. The van der Waals surface area contributed by atoms with Gasteiger partial charge in [-0.15, -0.1) is 0 Å². The quantitative estimate of drug-likeness (QED) is 0.355. The number of ether oxygens (including phenoxy) is 1. The summed E-state index contributed by atoms with van der Waals surface area (Å²) in [5.74, 6) is 0. The van der Waals surface area contributed by atoms with Gasteiger partial charge >= 0.3 is 8.80 Å². The molecule has 0 N–H and O–H groups in total. The number of hydrogen-bond donors (Lipinski definition) is 0. The predicted octanol–water partition coefficient (Wildman–Crippen LogP) is 4.19. The lowest BCUT2D eigenvalue weighted by Gasteiger charge is -2.31. The van der Waals surface area contributed by atoms with Crippen molar-refractivity contribution in [1.82, 2.24) is 0 Å². The molecule has 0 aliphatic heterocycles. The fourth-order valence-corrected chi connectivity index (χ4v) is 4.74. The third-order valence-electron chi connectivity index (χ3n) is 2.73. The first kappa shape index (κ1) is 20.8. The third-order valence-corrected chi connectivity index (χ3v) is 5.74. The van der Waals surface area contributed by atoms with Crippen molar-refractivity contribution in [2.45, 2.75) is 66.0 Å². The molecule has 5 heteroatoms. The molecule has 126 valence electrons. The van der Waals surface area contributed by atoms with Gasteiger partial charge in [0.15, 0.2) is 0 Å². The molecule has 1 unspecified atom stereocenters. The Morgan fingerprint density at radius 1 is 0.952 bits per heavy atom. The van der Waals surface area contributed by atoms with Crippen molar-refractivity contribution in [2.24, 2.45) is 0 Å². The van der Waals surface area contributed by atoms with E-state index in [1.165, 1.54) is 0 Å². The molecule has 4 nitrogen and oxygen atoms in total. The van der Waals surface area contributed by atoms with Gasteiger partial charge < -0.3 is 18.0 Å². The van der Waals surface area contributed by atoms with Gasteiger partial charge in [-0.2, -0.15) is 0 Å². The maximum Gasteiger partial charge on any atom is 0.503 e. The van der Waals surface area contributed by atoms with Crippen LogP contribution in [0.15, 0.2) is 12.2 Å². The lowest BCUT2D eigenvalue weighted by molar-refractivity contribution is 0.0323. The molecule has 0 heterocycles. The first-order valence-corrected chi connectivity index (χ1v) is 10.1. The van der Waals surface area contributed by atoms with Crippen LogP contribution < -0.4 is 0 Å². The van der Waals surface area contributed by atoms with Crippen LogP contribution in [0.5, 0.6) is 0 Å². The summed E-state index contributed by atoms with van der Waals surface area (Å²) in [6.07, 6.45) is 2.92. The highest BCUT2D eigenvalue weighted by atomic mass is 28.4. The van der Waals surface area contributed by atoms with Crippen LogP contribution in [0, 0.1) is 0 Å². The summed E-state index contributed by atoms with van der Waals surface area (Å²) in [6.45, 7) is 16.8. The Kier molecular flexibility index (Phi) is 12.2. The first-order chi connectivity index (χ1) is 9.99. The van der Waals surface area contributed by atoms with E-state index in [1.807, 2.05) is 13.8 Å². The van der Waals surface area contributed by atoms with Crippen molar-refractivity contribution in [1.29, 1.82) is 0 Å². The lowest BCUT2D eigenvalue weighted by atomic mass is 10.4. The third kappa shape index (κ3) is 10.2.